The molecule has 1 N–H and O–H groups in total. The fourth-order valence-corrected chi connectivity index (χ4v) is 5.08. The molecule has 184 valence electrons. The number of halogens is 1. The zero-order chi connectivity index (χ0) is 25.8. The van der Waals surface area contributed by atoms with Gasteiger partial charge in [-0.1, -0.05) is 62.7 Å². The summed E-state index contributed by atoms with van der Waals surface area (Å²) in [6, 6.07) is 17.7. The Morgan fingerprint density at radius 1 is 1.06 bits per heavy atom. The average molecular weight is 502 g/mol. The van der Waals surface area contributed by atoms with Crippen LogP contribution >= 0.6 is 11.6 Å². The minimum atomic E-state index is -0.805. The zero-order valence-corrected chi connectivity index (χ0v) is 21.5. The summed E-state index contributed by atoms with van der Waals surface area (Å²) in [6.45, 7) is 8.78. The fraction of sp³-hybridized carbons (Fsp3) is 0.267. The third-order valence-electron chi connectivity index (χ3n) is 7.00. The molecule has 2 aliphatic heterocycles. The van der Waals surface area contributed by atoms with E-state index in [9.17, 15) is 14.7 Å². The quantitative estimate of drug-likeness (QED) is 0.252. The Bertz CT molecular complexity index is 1420. The molecule has 0 aliphatic carbocycles. The lowest BCUT2D eigenvalue weighted by molar-refractivity contribution is -0.132. The molecule has 0 radical (unpaired) electrons. The Morgan fingerprint density at radius 2 is 1.78 bits per heavy atom. The van der Waals surface area contributed by atoms with Gasteiger partial charge in [0.15, 0.2) is 0 Å². The van der Waals surface area contributed by atoms with Crippen LogP contribution in [0.15, 0.2) is 66.2 Å². The molecule has 1 amide bonds. The van der Waals surface area contributed by atoms with Crippen LogP contribution in [0.25, 0.3) is 5.76 Å². The van der Waals surface area contributed by atoms with Crippen molar-refractivity contribution in [3.05, 3.63) is 99.1 Å². The summed E-state index contributed by atoms with van der Waals surface area (Å²) in [5.41, 5.74) is 4.52. The molecule has 2 aliphatic rings. The predicted octanol–water partition coefficient (Wildman–Crippen LogP) is 6.51. The van der Waals surface area contributed by atoms with Crippen LogP contribution in [0.1, 0.15) is 54.6 Å². The molecular weight excluding hydrogens is 474 g/mol. The summed E-state index contributed by atoms with van der Waals surface area (Å²) in [6.07, 6.45) is 0.726. The summed E-state index contributed by atoms with van der Waals surface area (Å²) in [5, 5.41) is 12.0. The number of aliphatic hydroxyl groups is 1. The summed E-state index contributed by atoms with van der Waals surface area (Å²) >= 11 is 6.39. The highest BCUT2D eigenvalue weighted by Crippen LogP contribution is 2.44. The fourth-order valence-electron chi connectivity index (χ4n) is 4.91. The van der Waals surface area contributed by atoms with Crippen LogP contribution in [0.5, 0.6) is 5.75 Å². The zero-order valence-electron chi connectivity index (χ0n) is 20.8. The number of carbonyl (C=O) groups excluding carboxylic acids is 2. The van der Waals surface area contributed by atoms with Gasteiger partial charge >= 0.3 is 0 Å². The molecule has 1 saturated heterocycles. The van der Waals surface area contributed by atoms with Gasteiger partial charge in [0.25, 0.3) is 11.7 Å². The summed E-state index contributed by atoms with van der Waals surface area (Å²) in [5.74, 6) is -0.851. The lowest BCUT2D eigenvalue weighted by Crippen LogP contribution is -2.30. The number of aliphatic hydroxyl groups excluding tert-OH is 1. The van der Waals surface area contributed by atoms with E-state index < -0.39 is 17.7 Å². The number of fused-ring (bicyclic) bond motifs is 1. The lowest BCUT2D eigenvalue weighted by Gasteiger charge is -2.28. The Hall–Kier alpha value is -3.57. The number of nitrogens with zero attached hydrogens (tertiary/aromatic N) is 1. The van der Waals surface area contributed by atoms with E-state index in [1.807, 2.05) is 37.3 Å². The SMILES string of the molecule is Cc1c(Cl)cccc1N1C(=O)C(=O)/C(=C(\O)c2ccc3c(c2)CCO3)C1c1ccc(C(C)(C)C)cc1. The number of rotatable bonds is 3. The van der Waals surface area contributed by atoms with Gasteiger partial charge in [-0.3, -0.25) is 14.5 Å². The molecule has 6 heteroatoms. The van der Waals surface area contributed by atoms with Crippen LogP contribution in [-0.2, 0) is 21.4 Å². The highest BCUT2D eigenvalue weighted by atomic mass is 35.5. The number of ketones is 1. The van der Waals surface area contributed by atoms with E-state index in [0.717, 1.165) is 28.9 Å². The highest BCUT2D eigenvalue weighted by molar-refractivity contribution is 6.52. The number of ether oxygens (including phenoxy) is 1. The number of carbonyl (C=O) groups is 2. The molecule has 0 saturated carbocycles. The van der Waals surface area contributed by atoms with E-state index in [-0.39, 0.29) is 16.7 Å². The Balaban J connectivity index is 1.72. The number of benzene rings is 3. The topological polar surface area (TPSA) is 66.8 Å². The molecule has 36 heavy (non-hydrogen) atoms. The van der Waals surface area contributed by atoms with Crippen molar-refractivity contribution in [3.63, 3.8) is 0 Å². The van der Waals surface area contributed by atoms with Gasteiger partial charge in [-0.2, -0.15) is 0 Å². The van der Waals surface area contributed by atoms with Crippen LogP contribution in [-0.4, -0.2) is 23.4 Å². The van der Waals surface area contributed by atoms with Crippen molar-refractivity contribution >= 4 is 34.7 Å². The van der Waals surface area contributed by atoms with Crippen LogP contribution in [0.3, 0.4) is 0 Å². The van der Waals surface area contributed by atoms with Gasteiger partial charge in [0.1, 0.15) is 11.5 Å². The maximum absolute atomic E-state index is 13.5. The second-order valence-corrected chi connectivity index (χ2v) is 10.8. The monoisotopic (exact) mass is 501 g/mol. The van der Waals surface area contributed by atoms with Crippen molar-refractivity contribution in [2.24, 2.45) is 0 Å². The maximum Gasteiger partial charge on any atom is 0.300 e. The first kappa shape index (κ1) is 24.1. The number of hydrogen-bond acceptors (Lipinski definition) is 4. The van der Waals surface area contributed by atoms with Crippen molar-refractivity contribution in [3.8, 4) is 5.75 Å². The van der Waals surface area contributed by atoms with Gasteiger partial charge in [0, 0.05) is 22.7 Å². The van der Waals surface area contributed by atoms with E-state index in [1.165, 1.54) is 4.90 Å². The molecule has 1 fully saturated rings. The van der Waals surface area contributed by atoms with E-state index in [2.05, 4.69) is 20.8 Å². The third-order valence-corrected chi connectivity index (χ3v) is 7.41. The summed E-state index contributed by atoms with van der Waals surface area (Å²) < 4.78 is 5.59. The molecule has 0 bridgehead atoms. The van der Waals surface area contributed by atoms with Gasteiger partial charge in [-0.25, -0.2) is 0 Å². The first-order chi connectivity index (χ1) is 17.1. The summed E-state index contributed by atoms with van der Waals surface area (Å²) in [4.78, 5) is 28.4. The number of Topliss-reactive ketones (excluding diaryl/α,β-unsaturated/α-hetero) is 1. The predicted molar refractivity (Wildman–Crippen MR) is 142 cm³/mol. The smallest absolute Gasteiger partial charge is 0.300 e. The van der Waals surface area contributed by atoms with Gasteiger partial charge < -0.3 is 9.84 Å². The number of hydrogen-bond donors (Lipinski definition) is 1. The van der Waals surface area contributed by atoms with Crippen LogP contribution < -0.4 is 9.64 Å². The normalized spacial score (nSPS) is 18.9. The molecule has 5 nitrogen and oxygen atoms in total. The Kier molecular flexibility index (Phi) is 5.92. The Labute approximate surface area is 216 Å². The minimum absolute atomic E-state index is 0.0572. The van der Waals surface area contributed by atoms with Crippen LogP contribution in [0.2, 0.25) is 5.02 Å². The molecule has 3 aromatic rings. The first-order valence-electron chi connectivity index (χ1n) is 12.0. The van der Waals surface area contributed by atoms with E-state index >= 15 is 0 Å². The van der Waals surface area contributed by atoms with Gasteiger partial charge in [0.05, 0.1) is 18.2 Å². The number of amides is 1. The molecule has 0 spiro atoms. The minimum Gasteiger partial charge on any atom is -0.507 e. The van der Waals surface area contributed by atoms with E-state index in [4.69, 9.17) is 16.3 Å². The second kappa shape index (κ2) is 8.82. The van der Waals surface area contributed by atoms with Crippen molar-refractivity contribution < 1.29 is 19.4 Å². The van der Waals surface area contributed by atoms with E-state index in [0.29, 0.717) is 28.4 Å². The van der Waals surface area contributed by atoms with Gasteiger partial charge in [-0.05, 0) is 64.9 Å². The third kappa shape index (κ3) is 3.97. The second-order valence-electron chi connectivity index (χ2n) is 10.3. The lowest BCUT2D eigenvalue weighted by atomic mass is 9.85. The molecule has 2 heterocycles. The molecule has 1 unspecified atom stereocenters. The van der Waals surface area contributed by atoms with Crippen molar-refractivity contribution in [1.29, 1.82) is 0 Å². The van der Waals surface area contributed by atoms with Crippen molar-refractivity contribution in [2.75, 3.05) is 11.5 Å². The van der Waals surface area contributed by atoms with Gasteiger partial charge in [0.2, 0.25) is 0 Å². The largest absolute Gasteiger partial charge is 0.507 e. The molecule has 0 aromatic heterocycles. The van der Waals surface area contributed by atoms with E-state index in [1.54, 1.807) is 30.3 Å². The molecular formula is C30H28ClNO4. The van der Waals surface area contributed by atoms with Crippen LogP contribution in [0, 0.1) is 6.92 Å². The summed E-state index contributed by atoms with van der Waals surface area (Å²) in [7, 11) is 0. The molecule has 3 aromatic carbocycles. The standard InChI is InChI=1S/C30H28ClNO4/c1-17-22(31)6-5-7-23(17)32-26(18-8-11-21(12-9-18)30(2,3)4)25(28(34)29(32)35)27(33)20-10-13-24-19(16-20)14-15-36-24/h5-13,16,26,33H,14-15H2,1-4H3/b27-25-. The van der Waals surface area contributed by atoms with Crippen molar-refractivity contribution in [1.82, 2.24) is 0 Å². The van der Waals surface area contributed by atoms with Crippen LogP contribution in [0.4, 0.5) is 5.69 Å². The van der Waals surface area contributed by atoms with Gasteiger partial charge in [-0.15, -0.1) is 0 Å². The maximum atomic E-state index is 13.5. The average Bonchev–Trinajstić information content (AvgIpc) is 3.42. The molecule has 5 rings (SSSR count). The molecule has 1 atom stereocenters. The highest BCUT2D eigenvalue weighted by Gasteiger charge is 2.47. The van der Waals surface area contributed by atoms with Crippen molar-refractivity contribution in [2.45, 2.75) is 45.6 Å². The Morgan fingerprint density at radius 3 is 2.47 bits per heavy atom. The number of anilines is 1. The first-order valence-corrected chi connectivity index (χ1v) is 12.4.